The van der Waals surface area contributed by atoms with E-state index in [0.29, 0.717) is 12.3 Å². The maximum absolute atomic E-state index is 12.1. The van der Waals surface area contributed by atoms with Gasteiger partial charge in [0.05, 0.1) is 13.2 Å². The van der Waals surface area contributed by atoms with E-state index < -0.39 is 33.9 Å². The fourth-order valence-corrected chi connectivity index (χ4v) is 3.09. The number of nitrogens with zero attached hydrogens (tertiary/aromatic N) is 1. The van der Waals surface area contributed by atoms with Crippen LogP contribution < -0.4 is 10.4 Å². The molecule has 1 aliphatic rings. The van der Waals surface area contributed by atoms with Gasteiger partial charge in [-0.25, -0.2) is 10.3 Å². The molecule has 3 atom stereocenters. The molecule has 1 aromatic rings. The molecule has 1 aliphatic heterocycles. The van der Waals surface area contributed by atoms with E-state index in [0.717, 1.165) is 12.5 Å². The van der Waals surface area contributed by atoms with E-state index in [-0.39, 0.29) is 13.0 Å². The molecule has 0 aromatic heterocycles. The number of rotatable bonds is 7. The van der Waals surface area contributed by atoms with Crippen molar-refractivity contribution in [3.8, 4) is 0 Å². The van der Waals surface area contributed by atoms with E-state index in [2.05, 4.69) is 0 Å². The molecule has 9 nitrogen and oxygen atoms in total. The van der Waals surface area contributed by atoms with Gasteiger partial charge in [-0.2, -0.15) is 0 Å². The van der Waals surface area contributed by atoms with Crippen molar-refractivity contribution in [1.29, 1.82) is 0 Å². The molecule has 2 amide bonds. The maximum atomic E-state index is 12.1. The number of hydrogen-bond donors (Lipinski definition) is 2. The highest BCUT2D eigenvalue weighted by molar-refractivity contribution is 7.81. The first kappa shape index (κ1) is 19.3. The van der Waals surface area contributed by atoms with Crippen LogP contribution in [0.25, 0.3) is 0 Å². The zero-order chi connectivity index (χ0) is 18.6. The second-order valence-electron chi connectivity index (χ2n) is 5.83. The van der Waals surface area contributed by atoms with Crippen LogP contribution in [0.2, 0.25) is 0 Å². The lowest BCUT2D eigenvalue weighted by Crippen LogP contribution is -2.49. The van der Waals surface area contributed by atoms with Crippen molar-refractivity contribution < 1.29 is 33.0 Å². The third-order valence-electron chi connectivity index (χ3n) is 4.00. The number of carbonyl (C=O) groups is 2. The fraction of sp³-hybridized carbons (Fsp3) is 0.467. The van der Waals surface area contributed by atoms with Crippen LogP contribution in [0.15, 0.2) is 24.3 Å². The molecule has 0 bridgehead atoms. The highest BCUT2D eigenvalue weighted by Crippen LogP contribution is 2.28. The topological polar surface area (TPSA) is 128 Å². The SMILES string of the molecule is COCc1ccc(N2C[C@H](C[C@](C)(C(=O)NO)S(=O)[O-])OC2=O)cc1. The summed E-state index contributed by atoms with van der Waals surface area (Å²) in [5, 5.41) is 8.74. The van der Waals surface area contributed by atoms with Crippen LogP contribution >= 0.6 is 0 Å². The average molecular weight is 371 g/mol. The molecule has 1 saturated heterocycles. The maximum Gasteiger partial charge on any atom is 0.414 e. The lowest BCUT2D eigenvalue weighted by atomic mass is 10.0. The van der Waals surface area contributed by atoms with Crippen LogP contribution in [-0.4, -0.2) is 50.5 Å². The molecule has 10 heteroatoms. The van der Waals surface area contributed by atoms with Gasteiger partial charge in [0.15, 0.2) is 0 Å². The van der Waals surface area contributed by atoms with Gasteiger partial charge in [-0.15, -0.1) is 0 Å². The Kier molecular flexibility index (Phi) is 6.11. The third kappa shape index (κ3) is 4.15. The predicted octanol–water partition coefficient (Wildman–Crippen LogP) is 0.691. The van der Waals surface area contributed by atoms with Gasteiger partial charge < -0.3 is 14.0 Å². The lowest BCUT2D eigenvalue weighted by molar-refractivity contribution is -0.132. The van der Waals surface area contributed by atoms with Crippen molar-refractivity contribution in [3.05, 3.63) is 29.8 Å². The first-order valence-corrected chi connectivity index (χ1v) is 8.49. The summed E-state index contributed by atoms with van der Waals surface area (Å²) < 4.78 is 31.1. The Balaban J connectivity index is 2.11. The number of methoxy groups -OCH3 is 1. The minimum atomic E-state index is -2.81. The molecule has 0 saturated carbocycles. The smallest absolute Gasteiger partial charge is 0.414 e. The number of amides is 2. The van der Waals surface area contributed by atoms with Crippen molar-refractivity contribution in [3.63, 3.8) is 0 Å². The Bertz CT molecular complexity index is 666. The quantitative estimate of drug-likeness (QED) is 0.410. The summed E-state index contributed by atoms with van der Waals surface area (Å²) in [5.41, 5.74) is 2.86. The van der Waals surface area contributed by atoms with E-state index in [4.69, 9.17) is 14.7 Å². The Morgan fingerprint density at radius 1 is 1.52 bits per heavy atom. The highest BCUT2D eigenvalue weighted by atomic mass is 32.2. The highest BCUT2D eigenvalue weighted by Gasteiger charge is 2.42. The minimum Gasteiger partial charge on any atom is -0.772 e. The van der Waals surface area contributed by atoms with E-state index >= 15 is 0 Å². The predicted molar refractivity (Wildman–Crippen MR) is 86.6 cm³/mol. The molecular formula is C15H19N2O7S-. The molecule has 25 heavy (non-hydrogen) atoms. The summed E-state index contributed by atoms with van der Waals surface area (Å²) in [6, 6.07) is 7.05. The number of nitrogens with one attached hydrogen (secondary N) is 1. The first-order chi connectivity index (χ1) is 11.8. The largest absolute Gasteiger partial charge is 0.772 e. The number of carbonyl (C=O) groups excluding carboxylic acids is 2. The average Bonchev–Trinajstić information content (AvgIpc) is 2.94. The molecule has 1 heterocycles. The molecule has 0 spiro atoms. The summed E-state index contributed by atoms with van der Waals surface area (Å²) >= 11 is -2.81. The van der Waals surface area contributed by atoms with Crippen LogP contribution in [0, 0.1) is 0 Å². The van der Waals surface area contributed by atoms with Gasteiger partial charge >= 0.3 is 6.09 Å². The van der Waals surface area contributed by atoms with Crippen LogP contribution in [0.5, 0.6) is 0 Å². The van der Waals surface area contributed by atoms with E-state index in [1.807, 2.05) is 0 Å². The number of hydroxylamine groups is 1. The van der Waals surface area contributed by atoms with Gasteiger partial charge in [-0.3, -0.25) is 19.1 Å². The first-order valence-electron chi connectivity index (χ1n) is 7.41. The monoisotopic (exact) mass is 371 g/mol. The van der Waals surface area contributed by atoms with E-state index in [9.17, 15) is 18.4 Å². The number of cyclic esters (lactones) is 1. The third-order valence-corrected chi connectivity index (χ3v) is 5.09. The zero-order valence-corrected chi connectivity index (χ0v) is 14.6. The normalized spacial score (nSPS) is 20.7. The molecule has 1 fully saturated rings. The number of anilines is 1. The molecule has 2 rings (SSSR count). The van der Waals surface area contributed by atoms with Crippen LogP contribution in [0.4, 0.5) is 10.5 Å². The lowest BCUT2D eigenvalue weighted by Gasteiger charge is -2.30. The van der Waals surface area contributed by atoms with E-state index in [1.54, 1.807) is 31.4 Å². The molecule has 2 N–H and O–H groups in total. The molecule has 0 aliphatic carbocycles. The molecule has 138 valence electrons. The minimum absolute atomic E-state index is 0.0912. The summed E-state index contributed by atoms with van der Waals surface area (Å²) in [6.45, 7) is 1.68. The fourth-order valence-electron chi connectivity index (χ4n) is 2.57. The second-order valence-corrected chi connectivity index (χ2v) is 7.20. The zero-order valence-electron chi connectivity index (χ0n) is 13.8. The Hall–Kier alpha value is -2.01. The number of benzene rings is 1. The van der Waals surface area contributed by atoms with Gasteiger partial charge in [-0.1, -0.05) is 12.1 Å². The molecule has 1 aromatic carbocycles. The Morgan fingerprint density at radius 3 is 2.68 bits per heavy atom. The molecule has 0 radical (unpaired) electrons. The molecular weight excluding hydrogens is 352 g/mol. The van der Waals surface area contributed by atoms with Gasteiger partial charge in [0.25, 0.3) is 5.91 Å². The van der Waals surface area contributed by atoms with Crippen molar-refractivity contribution in [2.24, 2.45) is 0 Å². The summed E-state index contributed by atoms with van der Waals surface area (Å²) in [4.78, 5) is 25.1. The van der Waals surface area contributed by atoms with Crippen LogP contribution in [0.1, 0.15) is 18.9 Å². The van der Waals surface area contributed by atoms with Gasteiger partial charge in [0, 0.05) is 19.2 Å². The summed E-state index contributed by atoms with van der Waals surface area (Å²) in [5.74, 6) is -1.08. The summed E-state index contributed by atoms with van der Waals surface area (Å²) in [6.07, 6.45) is -1.72. The van der Waals surface area contributed by atoms with Gasteiger partial charge in [0.1, 0.15) is 10.9 Å². The van der Waals surface area contributed by atoms with Gasteiger partial charge in [0.2, 0.25) is 0 Å². The van der Waals surface area contributed by atoms with Crippen molar-refractivity contribution >= 4 is 28.8 Å². The standard InChI is InChI=1S/C15H20N2O7S/c1-15(25(21)22,13(18)16-20)7-12-8-17(14(19)24-12)11-5-3-10(4-6-11)9-23-2/h3-6,12,20H,7-9H2,1-2H3,(H,16,18)(H,21,22)/p-1/t12-,15+/m0/s1. The van der Waals surface area contributed by atoms with Crippen molar-refractivity contribution in [2.45, 2.75) is 30.8 Å². The van der Waals surface area contributed by atoms with Crippen LogP contribution in [-0.2, 0) is 32.0 Å². The van der Waals surface area contributed by atoms with Crippen molar-refractivity contribution in [2.75, 3.05) is 18.6 Å². The number of hydrogen-bond acceptors (Lipinski definition) is 7. The Morgan fingerprint density at radius 2 is 2.16 bits per heavy atom. The van der Waals surface area contributed by atoms with Crippen LogP contribution in [0.3, 0.4) is 0 Å². The van der Waals surface area contributed by atoms with Crippen molar-refractivity contribution in [1.82, 2.24) is 5.48 Å². The Labute approximate surface area is 147 Å². The van der Waals surface area contributed by atoms with Gasteiger partial charge in [-0.05, 0) is 35.7 Å². The number of ether oxygens (including phenoxy) is 2. The summed E-state index contributed by atoms with van der Waals surface area (Å²) in [7, 11) is 1.58. The van der Waals surface area contributed by atoms with E-state index in [1.165, 1.54) is 10.4 Å². The molecule has 1 unspecified atom stereocenters. The second kappa shape index (κ2) is 7.91.